The number of aldehydes is 1. The molecular formula is C14H19ClN2O. The number of hydrogen-bond acceptors (Lipinski definition) is 3. The second-order valence-electron chi connectivity index (χ2n) is 4.98. The molecule has 3 nitrogen and oxygen atoms in total. The Morgan fingerprint density at radius 3 is 2.94 bits per heavy atom. The van der Waals surface area contributed by atoms with Gasteiger partial charge in [-0.05, 0) is 44.6 Å². The Balaban J connectivity index is 2.13. The van der Waals surface area contributed by atoms with Crippen molar-refractivity contribution in [1.29, 1.82) is 0 Å². The molecule has 4 heteroatoms. The van der Waals surface area contributed by atoms with Gasteiger partial charge in [-0.2, -0.15) is 0 Å². The van der Waals surface area contributed by atoms with Crippen LogP contribution in [0.1, 0.15) is 23.2 Å². The zero-order valence-corrected chi connectivity index (χ0v) is 11.7. The molecule has 1 heterocycles. The maximum absolute atomic E-state index is 11.1. The Morgan fingerprint density at radius 2 is 2.33 bits per heavy atom. The van der Waals surface area contributed by atoms with Crippen LogP contribution in [0, 0.1) is 0 Å². The maximum atomic E-state index is 11.1. The van der Waals surface area contributed by atoms with Gasteiger partial charge in [0.1, 0.15) is 0 Å². The third kappa shape index (κ3) is 2.85. The molecule has 2 rings (SSSR count). The van der Waals surface area contributed by atoms with Gasteiger partial charge in [-0.25, -0.2) is 0 Å². The average molecular weight is 267 g/mol. The predicted molar refractivity (Wildman–Crippen MR) is 75.8 cm³/mol. The highest BCUT2D eigenvalue weighted by Crippen LogP contribution is 2.24. The fraction of sp³-hybridized carbons (Fsp3) is 0.500. The summed E-state index contributed by atoms with van der Waals surface area (Å²) < 4.78 is 0. The lowest BCUT2D eigenvalue weighted by Gasteiger charge is -2.28. The van der Waals surface area contributed by atoms with Gasteiger partial charge in [0.05, 0.1) is 0 Å². The topological polar surface area (TPSA) is 23.6 Å². The van der Waals surface area contributed by atoms with Crippen LogP contribution in [0.5, 0.6) is 0 Å². The molecule has 0 bridgehead atoms. The number of anilines is 1. The number of carbonyl (C=O) groups excluding carboxylic acids is 1. The van der Waals surface area contributed by atoms with E-state index >= 15 is 0 Å². The number of halogens is 1. The van der Waals surface area contributed by atoms with Crippen LogP contribution in [0.2, 0.25) is 5.02 Å². The van der Waals surface area contributed by atoms with E-state index in [-0.39, 0.29) is 0 Å². The van der Waals surface area contributed by atoms with Gasteiger partial charge in [-0.3, -0.25) is 4.79 Å². The van der Waals surface area contributed by atoms with E-state index < -0.39 is 0 Å². The highest BCUT2D eigenvalue weighted by atomic mass is 35.5. The van der Waals surface area contributed by atoms with Crippen LogP contribution in [0.4, 0.5) is 5.69 Å². The minimum absolute atomic E-state index is 0.574. The summed E-state index contributed by atoms with van der Waals surface area (Å²) in [4.78, 5) is 15.6. The number of rotatable bonds is 4. The molecule has 0 N–H and O–H groups in total. The quantitative estimate of drug-likeness (QED) is 0.783. The van der Waals surface area contributed by atoms with Gasteiger partial charge in [0.25, 0.3) is 0 Å². The van der Waals surface area contributed by atoms with Crippen molar-refractivity contribution in [3.05, 3.63) is 28.8 Å². The molecule has 0 aromatic heterocycles. The van der Waals surface area contributed by atoms with Gasteiger partial charge in [-0.15, -0.1) is 0 Å². The molecule has 1 aliphatic rings. The van der Waals surface area contributed by atoms with Gasteiger partial charge in [0.15, 0.2) is 6.29 Å². The molecule has 1 saturated heterocycles. The first kappa shape index (κ1) is 13.4. The second kappa shape index (κ2) is 5.72. The van der Waals surface area contributed by atoms with E-state index in [1.54, 1.807) is 6.07 Å². The van der Waals surface area contributed by atoms with Gasteiger partial charge in [-0.1, -0.05) is 11.6 Å². The minimum atomic E-state index is 0.574. The molecule has 1 aromatic carbocycles. The van der Waals surface area contributed by atoms with Crippen molar-refractivity contribution in [3.63, 3.8) is 0 Å². The molecule has 0 amide bonds. The molecule has 0 aliphatic carbocycles. The fourth-order valence-electron chi connectivity index (χ4n) is 2.59. The van der Waals surface area contributed by atoms with E-state index in [1.165, 1.54) is 19.4 Å². The lowest BCUT2D eigenvalue weighted by Crippen LogP contribution is -2.36. The smallest absolute Gasteiger partial charge is 0.152 e. The molecule has 1 atom stereocenters. The Morgan fingerprint density at radius 1 is 1.56 bits per heavy atom. The van der Waals surface area contributed by atoms with E-state index in [1.807, 2.05) is 19.2 Å². The molecule has 0 saturated carbocycles. The summed E-state index contributed by atoms with van der Waals surface area (Å²) in [6.45, 7) is 2.11. The summed E-state index contributed by atoms with van der Waals surface area (Å²) in [5.41, 5.74) is 1.61. The lowest BCUT2D eigenvalue weighted by molar-refractivity contribution is 0.112. The summed E-state index contributed by atoms with van der Waals surface area (Å²) in [6.07, 6.45) is 3.36. The van der Waals surface area contributed by atoms with Crippen molar-refractivity contribution in [3.8, 4) is 0 Å². The van der Waals surface area contributed by atoms with Crippen molar-refractivity contribution in [2.75, 3.05) is 32.1 Å². The Kier molecular flexibility index (Phi) is 4.25. The zero-order chi connectivity index (χ0) is 13.1. The predicted octanol–water partition coefficient (Wildman–Crippen LogP) is 2.68. The van der Waals surface area contributed by atoms with Crippen molar-refractivity contribution in [1.82, 2.24) is 4.90 Å². The van der Waals surface area contributed by atoms with Crippen molar-refractivity contribution in [2.45, 2.75) is 18.9 Å². The fourth-order valence-corrected chi connectivity index (χ4v) is 2.77. The molecule has 1 aliphatic heterocycles. The minimum Gasteiger partial charge on any atom is -0.372 e. The highest BCUT2D eigenvalue weighted by Gasteiger charge is 2.22. The molecule has 0 radical (unpaired) electrons. The number of hydrogen-bond donors (Lipinski definition) is 0. The molecule has 0 spiro atoms. The van der Waals surface area contributed by atoms with E-state index in [9.17, 15) is 4.79 Å². The van der Waals surface area contributed by atoms with Crippen LogP contribution >= 0.6 is 11.6 Å². The maximum Gasteiger partial charge on any atom is 0.152 e. The van der Waals surface area contributed by atoms with Crippen molar-refractivity contribution >= 4 is 23.6 Å². The number of benzene rings is 1. The lowest BCUT2D eigenvalue weighted by atomic mass is 10.1. The largest absolute Gasteiger partial charge is 0.372 e. The van der Waals surface area contributed by atoms with Crippen LogP contribution in [0.15, 0.2) is 18.2 Å². The molecule has 18 heavy (non-hydrogen) atoms. The average Bonchev–Trinajstić information content (AvgIpc) is 2.74. The first-order valence-electron chi connectivity index (χ1n) is 6.28. The monoisotopic (exact) mass is 266 g/mol. The van der Waals surface area contributed by atoms with Crippen molar-refractivity contribution < 1.29 is 4.79 Å². The third-order valence-electron chi connectivity index (χ3n) is 3.68. The summed E-state index contributed by atoms with van der Waals surface area (Å²) in [7, 11) is 4.19. The van der Waals surface area contributed by atoms with Gasteiger partial charge in [0.2, 0.25) is 0 Å². The SMILES string of the molecule is CN(CC1CCCN1C)c1ccc(Cl)cc1C=O. The van der Waals surface area contributed by atoms with E-state index in [0.717, 1.165) is 18.5 Å². The number of carbonyl (C=O) groups is 1. The van der Waals surface area contributed by atoms with E-state index in [4.69, 9.17) is 11.6 Å². The molecule has 1 aromatic rings. The summed E-state index contributed by atoms with van der Waals surface area (Å²) in [5.74, 6) is 0. The number of likely N-dealkylation sites (N-methyl/N-ethyl adjacent to an activating group) is 2. The van der Waals surface area contributed by atoms with Gasteiger partial charge < -0.3 is 9.80 Å². The molecule has 1 unspecified atom stereocenters. The van der Waals surface area contributed by atoms with Gasteiger partial charge in [0, 0.05) is 35.9 Å². The summed E-state index contributed by atoms with van der Waals surface area (Å²) >= 11 is 5.91. The van der Waals surface area contributed by atoms with Crippen LogP contribution in [-0.2, 0) is 0 Å². The van der Waals surface area contributed by atoms with E-state index in [0.29, 0.717) is 16.6 Å². The van der Waals surface area contributed by atoms with Crippen LogP contribution in [-0.4, -0.2) is 44.4 Å². The van der Waals surface area contributed by atoms with Gasteiger partial charge >= 0.3 is 0 Å². The van der Waals surface area contributed by atoms with Crippen molar-refractivity contribution in [2.24, 2.45) is 0 Å². The Hall–Kier alpha value is -1.06. The first-order chi connectivity index (χ1) is 8.61. The Bertz CT molecular complexity index is 436. The van der Waals surface area contributed by atoms with Crippen LogP contribution < -0.4 is 4.90 Å². The third-order valence-corrected chi connectivity index (χ3v) is 3.92. The van der Waals surface area contributed by atoms with Crippen LogP contribution in [0.3, 0.4) is 0 Å². The first-order valence-corrected chi connectivity index (χ1v) is 6.65. The molecular weight excluding hydrogens is 248 g/mol. The zero-order valence-electron chi connectivity index (χ0n) is 10.9. The molecule has 1 fully saturated rings. The Labute approximate surface area is 113 Å². The normalized spacial score (nSPS) is 20.1. The number of nitrogens with zero attached hydrogens (tertiary/aromatic N) is 2. The summed E-state index contributed by atoms with van der Waals surface area (Å²) in [6, 6.07) is 6.04. The van der Waals surface area contributed by atoms with Crippen LogP contribution in [0.25, 0.3) is 0 Å². The second-order valence-corrected chi connectivity index (χ2v) is 5.41. The standard InChI is InChI=1S/C14H19ClN2O/c1-16-7-3-4-13(16)9-17(2)14-6-5-12(15)8-11(14)10-18/h5-6,8,10,13H,3-4,7,9H2,1-2H3. The van der Waals surface area contributed by atoms with E-state index in [2.05, 4.69) is 16.8 Å². The molecule has 98 valence electrons. The highest BCUT2D eigenvalue weighted by molar-refractivity contribution is 6.31. The number of likely N-dealkylation sites (tertiary alicyclic amines) is 1. The summed E-state index contributed by atoms with van der Waals surface area (Å²) in [5, 5.41) is 0.604.